The van der Waals surface area contributed by atoms with Crippen molar-refractivity contribution >= 4 is 10.1 Å². The first-order valence-corrected chi connectivity index (χ1v) is 13.0. The molecule has 0 aliphatic heterocycles. The van der Waals surface area contributed by atoms with Crippen LogP contribution in [0.5, 0.6) is 0 Å². The maximum absolute atomic E-state index is 15.3. The summed E-state index contributed by atoms with van der Waals surface area (Å²) in [5.74, 6) is -7.03. The zero-order chi connectivity index (χ0) is 28.0. The molecule has 0 unspecified atom stereocenters. The van der Waals surface area contributed by atoms with Crippen molar-refractivity contribution in [2.75, 3.05) is 27.2 Å². The van der Waals surface area contributed by atoms with E-state index in [0.29, 0.717) is 17.7 Å². The number of benzene rings is 3. The summed E-state index contributed by atoms with van der Waals surface area (Å²) in [5, 5.41) is 0. The molecule has 4 nitrogen and oxygen atoms in total. The van der Waals surface area contributed by atoms with Gasteiger partial charge in [0.15, 0.2) is 0 Å². The molecule has 37 heavy (non-hydrogen) atoms. The van der Waals surface area contributed by atoms with Gasteiger partial charge in [-0.1, -0.05) is 0 Å². The van der Waals surface area contributed by atoms with Gasteiger partial charge in [-0.2, -0.15) is 0 Å². The van der Waals surface area contributed by atoms with E-state index in [9.17, 15) is 16.3 Å². The number of hydrogen-bond acceptors (Lipinski definition) is 2. The summed E-state index contributed by atoms with van der Waals surface area (Å²) in [6.07, 6.45) is 0.994. The topological polar surface area (TPSA) is 55.4 Å². The fourth-order valence-corrected chi connectivity index (χ4v) is 5.11. The van der Waals surface area contributed by atoms with Gasteiger partial charge in [-0.15, -0.1) is 0 Å². The van der Waals surface area contributed by atoms with Gasteiger partial charge in [-0.05, 0) is 0 Å². The van der Waals surface area contributed by atoms with Crippen LogP contribution in [-0.4, -0.2) is 42.2 Å². The van der Waals surface area contributed by atoms with Crippen LogP contribution in [0.3, 0.4) is 0 Å². The molecule has 0 aliphatic carbocycles. The number of hydrogen-bond donors (Lipinski definition) is 0. The van der Waals surface area contributed by atoms with Crippen LogP contribution in [-0.2, 0) is 27.9 Å². The molecule has 0 saturated carbocycles. The van der Waals surface area contributed by atoms with Crippen LogP contribution in [0.1, 0.15) is 22.3 Å². The van der Waals surface area contributed by atoms with Crippen molar-refractivity contribution in [1.29, 1.82) is 0 Å². The van der Waals surface area contributed by atoms with Crippen LogP contribution in [0.4, 0.5) is 20.7 Å². The van der Waals surface area contributed by atoms with Gasteiger partial charge in [0.2, 0.25) is 0 Å². The van der Waals surface area contributed by atoms with Crippen molar-refractivity contribution in [1.82, 2.24) is 4.90 Å². The third-order valence-corrected chi connectivity index (χ3v) is 6.99. The number of rotatable bonds is 8. The summed E-state index contributed by atoms with van der Waals surface area (Å²) in [4.78, 5) is 5.92. The summed E-state index contributed by atoms with van der Waals surface area (Å²) in [6.45, 7) is 9.73. The molecule has 0 atom stereocenters. The third-order valence-electron chi connectivity index (χ3n) is 4.85. The Bertz CT molecular complexity index is 1240. The average Bonchev–Trinajstić information content (AvgIpc) is 2.94. The van der Waals surface area contributed by atoms with Crippen LogP contribution in [0.25, 0.3) is 0 Å². The summed E-state index contributed by atoms with van der Waals surface area (Å²) in [7, 11) is 3.63. The standard InChI is InChI=1S/C25H21F4N2.2CO.FH.W/c1-31(2)14-13-30-16-20-21(23(27)25(29)24(28)22(20)26)19(18-11-7-4-8-12-18)15-17-9-5-3-6-10-17;2*1-2;;/h3-12,16H,13-14H2,1-2H3;;;1H;/q-1;;;;+1/p-1. The first-order chi connectivity index (χ1) is 17.9. The van der Waals surface area contributed by atoms with Gasteiger partial charge in [0.05, 0.1) is 0 Å². The van der Waals surface area contributed by atoms with E-state index in [1.165, 1.54) is 0 Å². The molecule has 3 aromatic rings. The zero-order valence-corrected chi connectivity index (χ0v) is 22.7. The van der Waals surface area contributed by atoms with Crippen LogP contribution in [0.2, 0.25) is 0 Å². The summed E-state index contributed by atoms with van der Waals surface area (Å²) >= 11 is -2.77. The van der Waals surface area contributed by atoms with E-state index in [4.69, 9.17) is 9.30 Å². The fraction of sp³-hybridized carbons (Fsp3) is 0.148. The summed E-state index contributed by atoms with van der Waals surface area (Å²) in [5.41, 5.74) is -0.252. The van der Waals surface area contributed by atoms with E-state index in [1.54, 1.807) is 60.7 Å². The second kappa shape index (κ2) is 16.6. The Morgan fingerprint density at radius 2 is 1.38 bits per heavy atom. The van der Waals surface area contributed by atoms with Crippen LogP contribution < -0.4 is 0 Å². The van der Waals surface area contributed by atoms with Gasteiger partial charge in [0.1, 0.15) is 0 Å². The minimum atomic E-state index is -2.77. The quantitative estimate of drug-likeness (QED) is 0.0794. The molecular weight excluding hydrogens is 663 g/mol. The molecule has 0 aliphatic rings. The van der Waals surface area contributed by atoms with Crippen molar-refractivity contribution in [3.63, 3.8) is 0 Å². The molecule has 0 bridgehead atoms. The molecule has 0 amide bonds. The van der Waals surface area contributed by atoms with E-state index in [-0.39, 0.29) is 16.4 Å². The maximum atomic E-state index is 15.3. The molecule has 0 spiro atoms. The predicted molar refractivity (Wildman–Crippen MR) is 125 cm³/mol. The van der Waals surface area contributed by atoms with Gasteiger partial charge in [-0.3, -0.25) is 0 Å². The second-order valence-corrected chi connectivity index (χ2v) is 9.42. The second-order valence-electron chi connectivity index (χ2n) is 7.40. The Kier molecular flexibility index (Phi) is 14.3. The number of aliphatic imine (C=N–C) groups is 1. The van der Waals surface area contributed by atoms with E-state index in [1.807, 2.05) is 19.0 Å². The van der Waals surface area contributed by atoms with Gasteiger partial charge in [0, 0.05) is 0 Å². The van der Waals surface area contributed by atoms with E-state index >= 15 is 4.39 Å². The molecule has 0 saturated heterocycles. The van der Waals surface area contributed by atoms with E-state index in [0.717, 1.165) is 6.21 Å². The monoisotopic (exact) mass is 684 g/mol. The molecule has 3 aromatic carbocycles. The molecule has 0 N–H and O–H groups in total. The normalized spacial score (nSPS) is 10.9. The Morgan fingerprint density at radius 3 is 1.89 bits per heavy atom. The van der Waals surface area contributed by atoms with Crippen molar-refractivity contribution in [3.05, 3.63) is 125 Å². The zero-order valence-electron chi connectivity index (χ0n) is 19.8. The van der Waals surface area contributed by atoms with E-state index in [2.05, 4.69) is 18.3 Å². The molecule has 193 valence electrons. The molecule has 10 heteroatoms. The number of nitrogens with zero attached hydrogens (tertiary/aromatic N) is 2. The van der Waals surface area contributed by atoms with Crippen LogP contribution >= 0.6 is 0 Å². The predicted octanol–water partition coefficient (Wildman–Crippen LogP) is 5.31. The molecule has 3 rings (SSSR count). The van der Waals surface area contributed by atoms with Gasteiger partial charge >= 0.3 is 221 Å². The Morgan fingerprint density at radius 1 is 0.865 bits per heavy atom. The van der Waals surface area contributed by atoms with Crippen LogP contribution in [0.15, 0.2) is 65.7 Å². The molecule has 0 heterocycles. The summed E-state index contributed by atoms with van der Waals surface area (Å²) in [6, 6.07) is 16.6. The van der Waals surface area contributed by atoms with Gasteiger partial charge in [-0.25, -0.2) is 0 Å². The SMILES string of the molecule is CN(C)CCN=Cc1c(F)c(F)c(F)c(F)c1[C-]([C](=[W][F])c1ccccc1)c1ccccc1.[C-]#[O+].[C-]#[O+]. The van der Waals surface area contributed by atoms with Gasteiger partial charge < -0.3 is 0 Å². The van der Waals surface area contributed by atoms with E-state index < -0.39 is 53.0 Å². The molecule has 0 fully saturated rings. The first-order valence-electron chi connectivity index (χ1n) is 10.4. The number of likely N-dealkylation sites (N-methyl/N-ethyl adjacent to an activating group) is 1. The van der Waals surface area contributed by atoms with Crippen molar-refractivity contribution in [3.8, 4) is 0 Å². The average molecular weight is 684 g/mol. The molecule has 0 radical (unpaired) electrons. The van der Waals surface area contributed by atoms with Gasteiger partial charge in [0.25, 0.3) is 0 Å². The molecular formula is C27H21F5N2O2W-. The Balaban J connectivity index is 0.00000163. The van der Waals surface area contributed by atoms with Crippen molar-refractivity contribution in [2.45, 2.75) is 0 Å². The summed E-state index contributed by atoms with van der Waals surface area (Å²) < 4.78 is 88.6. The minimum absolute atomic E-state index is 0.00124. The molecule has 0 aromatic heterocycles. The Hall–Kier alpha value is -3.15. The Labute approximate surface area is 221 Å². The van der Waals surface area contributed by atoms with Crippen molar-refractivity contribution < 1.29 is 48.7 Å². The number of halogens is 5. The van der Waals surface area contributed by atoms with Crippen LogP contribution in [0, 0.1) is 42.5 Å². The third kappa shape index (κ3) is 8.17. The van der Waals surface area contributed by atoms with Crippen molar-refractivity contribution in [2.24, 2.45) is 4.99 Å². The first kappa shape index (κ1) is 31.9. The fourth-order valence-electron chi connectivity index (χ4n) is 3.24.